The Balaban J connectivity index is 2.79. The average molecular weight is 269 g/mol. The van der Waals surface area contributed by atoms with E-state index < -0.39 is 0 Å². The van der Waals surface area contributed by atoms with E-state index in [1.165, 1.54) is 10.8 Å². The van der Waals surface area contributed by atoms with Crippen LogP contribution in [-0.4, -0.2) is 25.7 Å². The van der Waals surface area contributed by atoms with Crippen LogP contribution in [0.5, 0.6) is 0 Å². The van der Waals surface area contributed by atoms with Crippen LogP contribution in [0.25, 0.3) is 5.52 Å². The standard InChI is InChI=1S/C9H9BrN4O/c1-5-2-6(7(15)3-10)14-8(5)9(11)12-4-13-14/h2,4H,3H2,1H3,(H2,11,12,13). The lowest BCUT2D eigenvalue weighted by atomic mass is 10.2. The van der Waals surface area contributed by atoms with E-state index in [2.05, 4.69) is 26.0 Å². The summed E-state index contributed by atoms with van der Waals surface area (Å²) < 4.78 is 1.53. The molecule has 0 aliphatic carbocycles. The fourth-order valence-electron chi connectivity index (χ4n) is 1.52. The van der Waals surface area contributed by atoms with E-state index in [1.54, 1.807) is 6.07 Å². The Morgan fingerprint density at radius 1 is 1.67 bits per heavy atom. The number of alkyl halides is 1. The summed E-state index contributed by atoms with van der Waals surface area (Å²) in [5.74, 6) is 0.354. The molecule has 0 aliphatic heterocycles. The fraction of sp³-hybridized carbons (Fsp3) is 0.222. The highest BCUT2D eigenvalue weighted by Gasteiger charge is 2.15. The number of ketones is 1. The number of carbonyl (C=O) groups is 1. The van der Waals surface area contributed by atoms with Gasteiger partial charge in [-0.15, -0.1) is 0 Å². The molecule has 2 aromatic heterocycles. The van der Waals surface area contributed by atoms with Crippen molar-refractivity contribution in [1.82, 2.24) is 14.6 Å². The van der Waals surface area contributed by atoms with Gasteiger partial charge in [0.05, 0.1) is 5.33 Å². The topological polar surface area (TPSA) is 73.3 Å². The van der Waals surface area contributed by atoms with Crippen molar-refractivity contribution in [3.63, 3.8) is 0 Å². The molecular formula is C9H9BrN4O. The molecule has 0 atom stereocenters. The van der Waals surface area contributed by atoms with Crippen LogP contribution in [0.15, 0.2) is 12.4 Å². The molecule has 0 amide bonds. The lowest BCUT2D eigenvalue weighted by Gasteiger charge is -2.00. The van der Waals surface area contributed by atoms with Gasteiger partial charge in [-0.25, -0.2) is 9.50 Å². The first kappa shape index (κ1) is 10.1. The number of aryl methyl sites for hydroxylation is 1. The third-order valence-electron chi connectivity index (χ3n) is 2.18. The zero-order valence-electron chi connectivity index (χ0n) is 8.07. The van der Waals surface area contributed by atoms with Crippen molar-refractivity contribution in [2.75, 3.05) is 11.1 Å². The van der Waals surface area contributed by atoms with Gasteiger partial charge in [0.15, 0.2) is 11.6 Å². The monoisotopic (exact) mass is 268 g/mol. The highest BCUT2D eigenvalue weighted by molar-refractivity contribution is 9.09. The molecule has 0 saturated heterocycles. The van der Waals surface area contributed by atoms with Gasteiger partial charge in [-0.2, -0.15) is 5.10 Å². The quantitative estimate of drug-likeness (QED) is 0.656. The van der Waals surface area contributed by atoms with Crippen molar-refractivity contribution in [2.45, 2.75) is 6.92 Å². The van der Waals surface area contributed by atoms with Gasteiger partial charge in [-0.1, -0.05) is 15.9 Å². The first-order chi connectivity index (χ1) is 7.15. The van der Waals surface area contributed by atoms with E-state index in [0.29, 0.717) is 17.0 Å². The minimum absolute atomic E-state index is 0.0313. The lowest BCUT2D eigenvalue weighted by molar-refractivity contribution is 0.101. The Kier molecular flexibility index (Phi) is 2.44. The molecule has 0 saturated carbocycles. The summed E-state index contributed by atoms with van der Waals surface area (Å²) >= 11 is 3.13. The predicted octanol–water partition coefficient (Wildman–Crippen LogP) is 1.20. The van der Waals surface area contributed by atoms with E-state index in [4.69, 9.17) is 5.73 Å². The van der Waals surface area contributed by atoms with Crippen LogP contribution in [0.3, 0.4) is 0 Å². The number of hydrogen-bond acceptors (Lipinski definition) is 4. The first-order valence-corrected chi connectivity index (χ1v) is 5.45. The van der Waals surface area contributed by atoms with Crippen molar-refractivity contribution in [2.24, 2.45) is 0 Å². The van der Waals surface area contributed by atoms with E-state index in [1.807, 2.05) is 6.92 Å². The zero-order chi connectivity index (χ0) is 11.0. The number of Topliss-reactive ketones (excluding diaryl/α,β-unsaturated/α-hetero) is 1. The Morgan fingerprint density at radius 3 is 3.07 bits per heavy atom. The van der Waals surface area contributed by atoms with Gasteiger partial charge in [-0.05, 0) is 18.6 Å². The molecule has 78 valence electrons. The molecule has 0 spiro atoms. The molecule has 5 nitrogen and oxygen atoms in total. The SMILES string of the molecule is Cc1cc(C(=O)CBr)n2ncnc(N)c12. The summed E-state index contributed by atoms with van der Waals surface area (Å²) in [6, 6.07) is 1.77. The minimum atomic E-state index is -0.0313. The molecule has 15 heavy (non-hydrogen) atoms. The highest BCUT2D eigenvalue weighted by Crippen LogP contribution is 2.19. The highest BCUT2D eigenvalue weighted by atomic mass is 79.9. The van der Waals surface area contributed by atoms with Gasteiger partial charge in [0.1, 0.15) is 17.5 Å². The van der Waals surface area contributed by atoms with Gasteiger partial charge < -0.3 is 5.73 Å². The van der Waals surface area contributed by atoms with Gasteiger partial charge in [0.25, 0.3) is 0 Å². The molecule has 0 unspecified atom stereocenters. The number of nitrogen functional groups attached to an aromatic ring is 1. The van der Waals surface area contributed by atoms with E-state index in [0.717, 1.165) is 5.56 Å². The van der Waals surface area contributed by atoms with Crippen LogP contribution in [0.4, 0.5) is 5.82 Å². The number of nitrogens with two attached hydrogens (primary N) is 1. The molecule has 0 aliphatic rings. The lowest BCUT2D eigenvalue weighted by Crippen LogP contribution is -2.08. The second-order valence-electron chi connectivity index (χ2n) is 3.18. The Morgan fingerprint density at radius 2 is 2.40 bits per heavy atom. The van der Waals surface area contributed by atoms with Gasteiger partial charge in [0.2, 0.25) is 0 Å². The molecule has 2 heterocycles. The maximum absolute atomic E-state index is 11.6. The number of carbonyl (C=O) groups excluding carboxylic acids is 1. The van der Waals surface area contributed by atoms with E-state index >= 15 is 0 Å². The van der Waals surface area contributed by atoms with Crippen molar-refractivity contribution < 1.29 is 4.79 Å². The molecular weight excluding hydrogens is 260 g/mol. The Labute approximate surface area is 94.4 Å². The minimum Gasteiger partial charge on any atom is -0.382 e. The summed E-state index contributed by atoms with van der Waals surface area (Å²) in [5, 5.41) is 4.28. The number of hydrogen-bond donors (Lipinski definition) is 1. The molecule has 0 radical (unpaired) electrons. The molecule has 6 heteroatoms. The predicted molar refractivity (Wildman–Crippen MR) is 60.3 cm³/mol. The Bertz CT molecular complexity index is 534. The number of aromatic nitrogens is 3. The number of fused-ring (bicyclic) bond motifs is 1. The van der Waals surface area contributed by atoms with E-state index in [-0.39, 0.29) is 11.1 Å². The van der Waals surface area contributed by atoms with Crippen LogP contribution in [0.1, 0.15) is 16.1 Å². The van der Waals surface area contributed by atoms with Crippen LogP contribution in [0, 0.1) is 6.92 Å². The largest absolute Gasteiger partial charge is 0.382 e. The third kappa shape index (κ3) is 1.50. The summed E-state index contributed by atoms with van der Waals surface area (Å²) in [6.45, 7) is 1.88. The van der Waals surface area contributed by atoms with Gasteiger partial charge in [0, 0.05) is 0 Å². The third-order valence-corrected chi connectivity index (χ3v) is 2.69. The second kappa shape index (κ2) is 3.62. The van der Waals surface area contributed by atoms with Gasteiger partial charge >= 0.3 is 0 Å². The van der Waals surface area contributed by atoms with Crippen LogP contribution in [-0.2, 0) is 0 Å². The van der Waals surface area contributed by atoms with Gasteiger partial charge in [-0.3, -0.25) is 4.79 Å². The van der Waals surface area contributed by atoms with E-state index in [9.17, 15) is 4.79 Å². The summed E-state index contributed by atoms with van der Waals surface area (Å²) in [5.41, 5.74) is 7.84. The number of halogens is 1. The summed E-state index contributed by atoms with van der Waals surface area (Å²) in [6.07, 6.45) is 1.34. The number of rotatable bonds is 2. The fourth-order valence-corrected chi connectivity index (χ4v) is 1.81. The molecule has 0 bridgehead atoms. The molecule has 2 rings (SSSR count). The normalized spacial score (nSPS) is 10.8. The maximum Gasteiger partial charge on any atom is 0.191 e. The zero-order valence-corrected chi connectivity index (χ0v) is 9.65. The second-order valence-corrected chi connectivity index (χ2v) is 3.74. The van der Waals surface area contributed by atoms with Crippen LogP contribution < -0.4 is 5.73 Å². The Hall–Kier alpha value is -1.43. The van der Waals surface area contributed by atoms with Crippen molar-refractivity contribution >= 4 is 33.0 Å². The first-order valence-electron chi connectivity index (χ1n) is 4.33. The maximum atomic E-state index is 11.6. The van der Waals surface area contributed by atoms with Crippen LogP contribution in [0.2, 0.25) is 0 Å². The molecule has 2 aromatic rings. The number of anilines is 1. The average Bonchev–Trinajstić information content (AvgIpc) is 2.56. The molecule has 2 N–H and O–H groups in total. The van der Waals surface area contributed by atoms with Crippen LogP contribution >= 0.6 is 15.9 Å². The number of nitrogens with zero attached hydrogens (tertiary/aromatic N) is 3. The molecule has 0 fully saturated rings. The summed E-state index contributed by atoms with van der Waals surface area (Å²) in [4.78, 5) is 15.5. The molecule has 0 aromatic carbocycles. The smallest absolute Gasteiger partial charge is 0.191 e. The van der Waals surface area contributed by atoms with Crippen molar-refractivity contribution in [1.29, 1.82) is 0 Å². The van der Waals surface area contributed by atoms with Crippen molar-refractivity contribution in [3.05, 3.63) is 23.7 Å². The summed E-state index contributed by atoms with van der Waals surface area (Å²) in [7, 11) is 0. The van der Waals surface area contributed by atoms with Crippen molar-refractivity contribution in [3.8, 4) is 0 Å².